The molecule has 1 aromatic rings. The van der Waals surface area contributed by atoms with Gasteiger partial charge < -0.3 is 21.3 Å². The number of benzene rings is 1. The van der Waals surface area contributed by atoms with Crippen LogP contribution in [-0.4, -0.2) is 24.3 Å². The van der Waals surface area contributed by atoms with Gasteiger partial charge in [0, 0.05) is 12.6 Å². The van der Waals surface area contributed by atoms with E-state index in [-0.39, 0.29) is 6.54 Å². The molecule has 0 radical (unpaired) electrons. The van der Waals surface area contributed by atoms with E-state index in [4.69, 9.17) is 16.2 Å². The molecular formula is C17H30N2O2. The third-order valence-electron chi connectivity index (χ3n) is 3.76. The zero-order valence-corrected chi connectivity index (χ0v) is 13.3. The molecule has 1 rings (SSSR count). The van der Waals surface area contributed by atoms with Crippen LogP contribution in [0.2, 0.25) is 0 Å². The highest BCUT2D eigenvalue weighted by Crippen LogP contribution is 2.22. The molecule has 2 atom stereocenters. The maximum absolute atomic E-state index is 10.1. The van der Waals surface area contributed by atoms with Gasteiger partial charge in [0.2, 0.25) is 0 Å². The van der Waals surface area contributed by atoms with Crippen molar-refractivity contribution in [2.24, 2.45) is 17.4 Å². The average Bonchev–Trinajstić information content (AvgIpc) is 2.52. The monoisotopic (exact) mass is 294 g/mol. The third-order valence-corrected chi connectivity index (χ3v) is 3.76. The van der Waals surface area contributed by atoms with E-state index in [1.54, 1.807) is 0 Å². The third kappa shape index (κ3) is 6.04. The number of ether oxygens (including phenoxy) is 1. The molecular weight excluding hydrogens is 264 g/mol. The van der Waals surface area contributed by atoms with Gasteiger partial charge >= 0.3 is 0 Å². The first kappa shape index (κ1) is 18.0. The second-order valence-electron chi connectivity index (χ2n) is 5.67. The van der Waals surface area contributed by atoms with Gasteiger partial charge in [-0.2, -0.15) is 0 Å². The lowest BCUT2D eigenvalue weighted by molar-refractivity contribution is 0.148. The van der Waals surface area contributed by atoms with E-state index < -0.39 is 12.1 Å². The molecule has 5 N–H and O–H groups in total. The number of aliphatic hydroxyl groups excluding tert-OH is 1. The number of hydrogen-bond donors (Lipinski definition) is 3. The van der Waals surface area contributed by atoms with Gasteiger partial charge in [-0.25, -0.2) is 0 Å². The van der Waals surface area contributed by atoms with Gasteiger partial charge in [0.25, 0.3) is 0 Å². The van der Waals surface area contributed by atoms with Crippen molar-refractivity contribution in [1.82, 2.24) is 0 Å². The summed E-state index contributed by atoms with van der Waals surface area (Å²) in [5.74, 6) is 1.38. The minimum absolute atomic E-state index is 0.251. The molecule has 120 valence electrons. The second-order valence-corrected chi connectivity index (χ2v) is 5.67. The zero-order chi connectivity index (χ0) is 15.7. The minimum Gasteiger partial charge on any atom is -0.493 e. The number of aliphatic hydroxyl groups is 1. The van der Waals surface area contributed by atoms with Crippen molar-refractivity contribution in [3.63, 3.8) is 0 Å². The lowest BCUT2D eigenvalue weighted by Gasteiger charge is -2.19. The quantitative estimate of drug-likeness (QED) is 0.619. The summed E-state index contributed by atoms with van der Waals surface area (Å²) in [4.78, 5) is 0. The summed E-state index contributed by atoms with van der Waals surface area (Å²) in [5, 5.41) is 10.1. The van der Waals surface area contributed by atoms with E-state index in [9.17, 15) is 5.11 Å². The summed E-state index contributed by atoms with van der Waals surface area (Å²) < 4.78 is 5.89. The molecule has 0 saturated carbocycles. The summed E-state index contributed by atoms with van der Waals surface area (Å²) in [6, 6.07) is 7.05. The average molecular weight is 294 g/mol. The Bertz CT molecular complexity index is 392. The van der Waals surface area contributed by atoms with Gasteiger partial charge in [0.15, 0.2) is 0 Å². The summed E-state index contributed by atoms with van der Waals surface area (Å²) in [5.41, 5.74) is 12.0. The van der Waals surface area contributed by atoms with Crippen LogP contribution < -0.4 is 16.2 Å². The highest BCUT2D eigenvalue weighted by Gasteiger charge is 2.16. The molecule has 0 aromatic heterocycles. The molecule has 21 heavy (non-hydrogen) atoms. The second kappa shape index (κ2) is 9.77. The van der Waals surface area contributed by atoms with E-state index >= 15 is 0 Å². The molecule has 0 unspecified atom stereocenters. The standard InChI is InChI=1S/C17H30N2O2/c1-3-6-13(7-4-2)12-21-15-9-5-8-14(10-15)17(20)16(19)11-18/h5,8-10,13,16-17,20H,3-4,6-7,11-12,18-19H2,1-2H3/t16-,17+/m1/s1. The maximum Gasteiger partial charge on any atom is 0.119 e. The fourth-order valence-corrected chi connectivity index (χ4v) is 2.51. The molecule has 0 amide bonds. The van der Waals surface area contributed by atoms with Crippen molar-refractivity contribution in [2.45, 2.75) is 51.7 Å². The lowest BCUT2D eigenvalue weighted by Crippen LogP contribution is -2.35. The molecule has 1 aromatic carbocycles. The van der Waals surface area contributed by atoms with Crippen molar-refractivity contribution < 1.29 is 9.84 Å². The van der Waals surface area contributed by atoms with Crippen LogP contribution in [0.25, 0.3) is 0 Å². The summed E-state index contributed by atoms with van der Waals surface area (Å²) in [7, 11) is 0. The highest BCUT2D eigenvalue weighted by molar-refractivity contribution is 5.30. The van der Waals surface area contributed by atoms with Gasteiger partial charge in [-0.3, -0.25) is 0 Å². The Kier molecular flexibility index (Phi) is 8.35. The van der Waals surface area contributed by atoms with Crippen LogP contribution in [0.3, 0.4) is 0 Å². The molecule has 0 heterocycles. The first-order valence-electron chi connectivity index (χ1n) is 7.98. The van der Waals surface area contributed by atoms with Crippen LogP contribution in [0.15, 0.2) is 24.3 Å². The van der Waals surface area contributed by atoms with E-state index in [0.29, 0.717) is 5.92 Å². The van der Waals surface area contributed by atoms with Crippen LogP contribution in [0.1, 0.15) is 51.2 Å². The number of rotatable bonds is 10. The molecule has 0 bridgehead atoms. The van der Waals surface area contributed by atoms with E-state index in [1.165, 1.54) is 25.7 Å². The molecule has 4 nitrogen and oxygen atoms in total. The molecule has 0 spiro atoms. The van der Waals surface area contributed by atoms with Gasteiger partial charge in [-0.05, 0) is 36.5 Å². The SMILES string of the molecule is CCCC(CCC)COc1cccc([C@H](O)[C@H](N)CN)c1. The van der Waals surface area contributed by atoms with Gasteiger partial charge in [-0.15, -0.1) is 0 Å². The first-order valence-corrected chi connectivity index (χ1v) is 7.98. The maximum atomic E-state index is 10.1. The Morgan fingerprint density at radius 2 is 1.86 bits per heavy atom. The molecule has 0 aliphatic carbocycles. The van der Waals surface area contributed by atoms with Crippen molar-refractivity contribution >= 4 is 0 Å². The minimum atomic E-state index is -0.749. The lowest BCUT2D eigenvalue weighted by atomic mass is 9.99. The highest BCUT2D eigenvalue weighted by atomic mass is 16.5. The molecule has 0 aliphatic heterocycles. The van der Waals surface area contributed by atoms with Crippen molar-refractivity contribution in [2.75, 3.05) is 13.2 Å². The normalized spacial score (nSPS) is 14.2. The molecule has 0 fully saturated rings. The van der Waals surface area contributed by atoms with Crippen molar-refractivity contribution in [1.29, 1.82) is 0 Å². The van der Waals surface area contributed by atoms with Crippen LogP contribution in [-0.2, 0) is 0 Å². The van der Waals surface area contributed by atoms with Crippen LogP contribution in [0.4, 0.5) is 0 Å². The number of hydrogen-bond acceptors (Lipinski definition) is 4. The van der Waals surface area contributed by atoms with E-state index in [2.05, 4.69) is 13.8 Å². The number of nitrogens with two attached hydrogens (primary N) is 2. The Morgan fingerprint density at radius 3 is 2.43 bits per heavy atom. The predicted octanol–water partition coefficient (Wildman–Crippen LogP) is 2.60. The molecule has 4 heteroatoms. The Balaban J connectivity index is 2.63. The summed E-state index contributed by atoms with van der Waals surface area (Å²) in [6.45, 7) is 5.38. The molecule has 0 saturated heterocycles. The van der Waals surface area contributed by atoms with Gasteiger partial charge in [0.05, 0.1) is 12.7 Å². The fourth-order valence-electron chi connectivity index (χ4n) is 2.51. The van der Waals surface area contributed by atoms with E-state index in [0.717, 1.165) is 17.9 Å². The Hall–Kier alpha value is -1.10. The summed E-state index contributed by atoms with van der Waals surface area (Å²) in [6.07, 6.45) is 3.99. The fraction of sp³-hybridized carbons (Fsp3) is 0.647. The van der Waals surface area contributed by atoms with Crippen LogP contribution >= 0.6 is 0 Å². The Morgan fingerprint density at radius 1 is 1.19 bits per heavy atom. The smallest absolute Gasteiger partial charge is 0.119 e. The van der Waals surface area contributed by atoms with Crippen LogP contribution in [0.5, 0.6) is 5.75 Å². The van der Waals surface area contributed by atoms with Crippen LogP contribution in [0, 0.1) is 5.92 Å². The first-order chi connectivity index (χ1) is 10.1. The van der Waals surface area contributed by atoms with E-state index in [1.807, 2.05) is 24.3 Å². The topological polar surface area (TPSA) is 81.5 Å². The zero-order valence-electron chi connectivity index (χ0n) is 13.3. The van der Waals surface area contributed by atoms with Crippen molar-refractivity contribution in [3.8, 4) is 5.75 Å². The van der Waals surface area contributed by atoms with Gasteiger partial charge in [0.1, 0.15) is 5.75 Å². The van der Waals surface area contributed by atoms with Crippen molar-refractivity contribution in [3.05, 3.63) is 29.8 Å². The molecule has 0 aliphatic rings. The summed E-state index contributed by atoms with van der Waals surface area (Å²) >= 11 is 0. The van der Waals surface area contributed by atoms with Gasteiger partial charge in [-0.1, -0.05) is 38.8 Å². The Labute approximate surface area is 128 Å². The predicted molar refractivity (Wildman–Crippen MR) is 87.2 cm³/mol. The largest absolute Gasteiger partial charge is 0.493 e.